The van der Waals surface area contributed by atoms with E-state index < -0.39 is 0 Å². The van der Waals surface area contributed by atoms with Gasteiger partial charge in [0.25, 0.3) is 0 Å². The number of ether oxygens (including phenoxy) is 1. The second kappa shape index (κ2) is 6.22. The van der Waals surface area contributed by atoms with Crippen molar-refractivity contribution in [3.05, 3.63) is 53.0 Å². The molecule has 110 valence electrons. The molecule has 0 saturated heterocycles. The van der Waals surface area contributed by atoms with Crippen molar-refractivity contribution in [2.24, 2.45) is 0 Å². The molecule has 3 rings (SSSR count). The highest BCUT2D eigenvalue weighted by Gasteiger charge is 2.26. The first-order chi connectivity index (χ1) is 10.3. The fourth-order valence-corrected chi connectivity index (χ4v) is 2.99. The number of nitrogens with zero attached hydrogens (tertiary/aromatic N) is 2. The Morgan fingerprint density at radius 2 is 2.14 bits per heavy atom. The Bertz CT molecular complexity index is 603. The zero-order valence-electron chi connectivity index (χ0n) is 12.6. The summed E-state index contributed by atoms with van der Waals surface area (Å²) in [5.41, 5.74) is 3.73. The topological polar surface area (TPSA) is 47.0 Å². The van der Waals surface area contributed by atoms with Crippen molar-refractivity contribution in [1.29, 1.82) is 0 Å². The maximum Gasteiger partial charge on any atom is 0.138 e. The molecule has 1 aliphatic rings. The summed E-state index contributed by atoms with van der Waals surface area (Å²) in [4.78, 5) is 9.42. The summed E-state index contributed by atoms with van der Waals surface area (Å²) in [6.45, 7) is 3.44. The van der Waals surface area contributed by atoms with Gasteiger partial charge in [-0.25, -0.2) is 9.97 Å². The van der Waals surface area contributed by atoms with Crippen molar-refractivity contribution in [2.75, 3.05) is 19.0 Å². The number of nitrogens with one attached hydrogen (secondary N) is 1. The first kappa shape index (κ1) is 14.0. The molecule has 1 N–H and O–H groups in total. The van der Waals surface area contributed by atoms with Crippen LogP contribution in [-0.4, -0.2) is 23.6 Å². The van der Waals surface area contributed by atoms with Crippen LogP contribution in [0.25, 0.3) is 0 Å². The van der Waals surface area contributed by atoms with E-state index in [4.69, 9.17) is 14.7 Å². The molecule has 1 aromatic heterocycles. The van der Waals surface area contributed by atoms with E-state index in [1.54, 1.807) is 7.11 Å². The van der Waals surface area contributed by atoms with Crippen molar-refractivity contribution in [3.63, 3.8) is 0 Å². The number of rotatable bonds is 5. The molecule has 1 aliphatic carbocycles. The predicted molar refractivity (Wildman–Crippen MR) is 83.5 cm³/mol. The van der Waals surface area contributed by atoms with Crippen LogP contribution in [0.15, 0.2) is 30.3 Å². The van der Waals surface area contributed by atoms with Crippen LogP contribution in [0.3, 0.4) is 0 Å². The Hall–Kier alpha value is -1.94. The molecule has 21 heavy (non-hydrogen) atoms. The van der Waals surface area contributed by atoms with Crippen LogP contribution >= 0.6 is 0 Å². The molecule has 1 aromatic carbocycles. The second-order valence-corrected chi connectivity index (χ2v) is 5.36. The molecule has 1 unspecified atom stereocenters. The van der Waals surface area contributed by atoms with Gasteiger partial charge in [-0.3, -0.25) is 0 Å². The van der Waals surface area contributed by atoms with Gasteiger partial charge in [0.2, 0.25) is 0 Å². The lowest BCUT2D eigenvalue weighted by molar-refractivity contribution is 0.181. The Morgan fingerprint density at radius 3 is 2.95 bits per heavy atom. The van der Waals surface area contributed by atoms with Gasteiger partial charge in [0.05, 0.1) is 12.3 Å². The number of aryl methyl sites for hydroxylation is 1. The average Bonchev–Trinajstić information content (AvgIpc) is 2.92. The number of hydrogen-bond acceptors (Lipinski definition) is 4. The lowest BCUT2D eigenvalue weighted by Gasteiger charge is -2.14. The quantitative estimate of drug-likeness (QED) is 0.915. The van der Waals surface area contributed by atoms with Gasteiger partial charge >= 0.3 is 0 Å². The van der Waals surface area contributed by atoms with E-state index in [2.05, 4.69) is 36.5 Å². The third-order valence-electron chi connectivity index (χ3n) is 3.89. The molecular weight excluding hydrogens is 262 g/mol. The van der Waals surface area contributed by atoms with Crippen LogP contribution < -0.4 is 5.32 Å². The van der Waals surface area contributed by atoms with E-state index in [-0.39, 0.29) is 0 Å². The smallest absolute Gasteiger partial charge is 0.138 e. The molecule has 1 heterocycles. The molecular formula is C17H21N3O. The fourth-order valence-electron chi connectivity index (χ4n) is 2.99. The first-order valence-corrected chi connectivity index (χ1v) is 7.50. The number of aromatic nitrogens is 2. The van der Waals surface area contributed by atoms with Gasteiger partial charge in [0, 0.05) is 25.6 Å². The minimum Gasteiger partial charge on any atom is -0.378 e. The van der Waals surface area contributed by atoms with Crippen LogP contribution in [0, 0.1) is 0 Å². The summed E-state index contributed by atoms with van der Waals surface area (Å²) in [5.74, 6) is 2.10. The monoisotopic (exact) mass is 283 g/mol. The normalized spacial score (nSPS) is 16.8. The molecule has 0 aliphatic heterocycles. The summed E-state index contributed by atoms with van der Waals surface area (Å²) in [6, 6.07) is 10.6. The third-order valence-corrected chi connectivity index (χ3v) is 3.89. The van der Waals surface area contributed by atoms with Gasteiger partial charge in [-0.2, -0.15) is 0 Å². The Balaban J connectivity index is 1.98. The minimum absolute atomic E-state index is 0.301. The Labute approximate surface area is 125 Å². The predicted octanol–water partition coefficient (Wildman–Crippen LogP) is 3.13. The van der Waals surface area contributed by atoms with Gasteiger partial charge in [0.15, 0.2) is 0 Å². The van der Waals surface area contributed by atoms with Gasteiger partial charge in [-0.1, -0.05) is 24.3 Å². The van der Waals surface area contributed by atoms with Crippen LogP contribution in [0.5, 0.6) is 0 Å². The molecule has 1 atom stereocenters. The maximum absolute atomic E-state index is 5.23. The number of anilines is 1. The average molecular weight is 283 g/mol. The summed E-state index contributed by atoms with van der Waals surface area (Å²) < 4.78 is 5.23. The molecule has 0 amide bonds. The number of fused-ring (bicyclic) bond motifs is 1. The van der Waals surface area contributed by atoms with Crippen LogP contribution in [-0.2, 0) is 17.8 Å². The van der Waals surface area contributed by atoms with E-state index in [9.17, 15) is 0 Å². The molecule has 0 spiro atoms. The van der Waals surface area contributed by atoms with Crippen molar-refractivity contribution < 1.29 is 4.74 Å². The van der Waals surface area contributed by atoms with Crippen molar-refractivity contribution in [1.82, 2.24) is 9.97 Å². The van der Waals surface area contributed by atoms with E-state index in [1.807, 2.05) is 6.07 Å². The van der Waals surface area contributed by atoms with Crippen LogP contribution in [0.2, 0.25) is 0 Å². The summed E-state index contributed by atoms with van der Waals surface area (Å²) >= 11 is 0. The van der Waals surface area contributed by atoms with E-state index >= 15 is 0 Å². The highest BCUT2D eigenvalue weighted by molar-refractivity contribution is 5.42. The summed E-state index contributed by atoms with van der Waals surface area (Å²) in [5, 5.41) is 3.29. The fraction of sp³-hybridized carbons (Fsp3) is 0.412. The van der Waals surface area contributed by atoms with E-state index in [1.165, 1.54) is 11.1 Å². The molecule has 4 heteroatoms. The van der Waals surface area contributed by atoms with Crippen molar-refractivity contribution in [2.45, 2.75) is 32.3 Å². The van der Waals surface area contributed by atoms with Crippen molar-refractivity contribution in [3.8, 4) is 0 Å². The number of methoxy groups -OCH3 is 1. The lowest BCUT2D eigenvalue weighted by atomic mass is 10.0. The van der Waals surface area contributed by atoms with E-state index in [0.717, 1.165) is 36.7 Å². The summed E-state index contributed by atoms with van der Waals surface area (Å²) in [7, 11) is 1.69. The van der Waals surface area contributed by atoms with Gasteiger partial charge < -0.3 is 10.1 Å². The van der Waals surface area contributed by atoms with E-state index in [0.29, 0.717) is 12.5 Å². The maximum atomic E-state index is 5.23. The third kappa shape index (κ3) is 2.90. The largest absolute Gasteiger partial charge is 0.378 e. The molecule has 0 fully saturated rings. The van der Waals surface area contributed by atoms with Gasteiger partial charge in [-0.05, 0) is 30.9 Å². The summed E-state index contributed by atoms with van der Waals surface area (Å²) in [6.07, 6.45) is 2.19. The minimum atomic E-state index is 0.301. The van der Waals surface area contributed by atoms with Crippen LogP contribution in [0.1, 0.15) is 41.9 Å². The highest BCUT2D eigenvalue weighted by atomic mass is 16.5. The standard InChI is InChI=1S/C17H21N3O/c1-3-18-16-10-13(11-21-2)19-17(20-16)15-9-8-12-6-4-5-7-14(12)15/h4-7,10,15H,3,8-9,11H2,1-2H3,(H,18,19,20). The number of hydrogen-bond donors (Lipinski definition) is 1. The molecule has 4 nitrogen and oxygen atoms in total. The van der Waals surface area contributed by atoms with Crippen molar-refractivity contribution >= 4 is 5.82 Å². The first-order valence-electron chi connectivity index (χ1n) is 7.50. The second-order valence-electron chi connectivity index (χ2n) is 5.36. The molecule has 0 saturated carbocycles. The number of benzene rings is 1. The molecule has 0 radical (unpaired) electrons. The molecule has 2 aromatic rings. The lowest BCUT2D eigenvalue weighted by Crippen LogP contribution is -2.10. The SMILES string of the molecule is CCNc1cc(COC)nc(C2CCc3ccccc32)n1. The Morgan fingerprint density at radius 1 is 1.29 bits per heavy atom. The van der Waals surface area contributed by atoms with Gasteiger partial charge in [0.1, 0.15) is 11.6 Å². The Kier molecular flexibility index (Phi) is 4.15. The zero-order valence-corrected chi connectivity index (χ0v) is 12.6. The highest BCUT2D eigenvalue weighted by Crippen LogP contribution is 2.36. The van der Waals surface area contributed by atoms with Gasteiger partial charge in [-0.15, -0.1) is 0 Å². The zero-order chi connectivity index (χ0) is 14.7. The molecule has 0 bridgehead atoms. The van der Waals surface area contributed by atoms with Crippen LogP contribution in [0.4, 0.5) is 5.82 Å².